The summed E-state index contributed by atoms with van der Waals surface area (Å²) in [5, 5.41) is 10.2. The predicted molar refractivity (Wildman–Crippen MR) is 84.3 cm³/mol. The van der Waals surface area contributed by atoms with Crippen molar-refractivity contribution in [3.05, 3.63) is 41.7 Å². The third-order valence-electron chi connectivity index (χ3n) is 3.14. The minimum Gasteiger partial charge on any atom is -0.397 e. The molecule has 1 aromatic carbocycles. The smallest absolute Gasteiger partial charge is 0.251 e. The van der Waals surface area contributed by atoms with Crippen LogP contribution in [0.5, 0.6) is 0 Å². The van der Waals surface area contributed by atoms with Crippen LogP contribution in [0.15, 0.2) is 30.6 Å². The van der Waals surface area contributed by atoms with E-state index >= 15 is 0 Å². The van der Waals surface area contributed by atoms with Gasteiger partial charge in [-0.15, -0.1) is 0 Å². The first-order valence-corrected chi connectivity index (χ1v) is 6.99. The minimum absolute atomic E-state index is 0.0900. The van der Waals surface area contributed by atoms with Crippen molar-refractivity contribution in [2.45, 2.75) is 13.3 Å². The van der Waals surface area contributed by atoms with E-state index in [9.17, 15) is 4.79 Å². The monoisotopic (exact) mass is 287 g/mol. The Morgan fingerprint density at radius 2 is 2.24 bits per heavy atom. The van der Waals surface area contributed by atoms with Crippen molar-refractivity contribution in [1.82, 2.24) is 15.1 Å². The lowest BCUT2D eigenvalue weighted by atomic mass is 10.1. The number of rotatable bonds is 6. The number of carbonyl (C=O) groups excluding carboxylic acids is 1. The number of nitrogens with one attached hydrogen (secondary N) is 2. The van der Waals surface area contributed by atoms with Gasteiger partial charge in [0.15, 0.2) is 0 Å². The molecule has 1 heterocycles. The molecule has 0 fully saturated rings. The minimum atomic E-state index is -0.0900. The number of carbonyl (C=O) groups is 1. The van der Waals surface area contributed by atoms with Gasteiger partial charge in [-0.1, -0.05) is 0 Å². The van der Waals surface area contributed by atoms with E-state index in [0.29, 0.717) is 17.8 Å². The molecule has 0 atom stereocenters. The summed E-state index contributed by atoms with van der Waals surface area (Å²) in [7, 11) is 1.89. The molecule has 1 aromatic heterocycles. The molecule has 1 amide bonds. The number of nitrogens with two attached hydrogens (primary N) is 1. The van der Waals surface area contributed by atoms with E-state index in [1.807, 2.05) is 26.4 Å². The molecule has 2 aromatic rings. The molecule has 0 aliphatic heterocycles. The summed E-state index contributed by atoms with van der Waals surface area (Å²) in [6, 6.07) is 5.26. The van der Waals surface area contributed by atoms with Crippen LogP contribution in [0.3, 0.4) is 0 Å². The van der Waals surface area contributed by atoms with Crippen LogP contribution in [0.2, 0.25) is 0 Å². The van der Waals surface area contributed by atoms with E-state index in [2.05, 4.69) is 15.7 Å². The number of hydrogen-bond donors (Lipinski definition) is 3. The van der Waals surface area contributed by atoms with Crippen molar-refractivity contribution in [3.63, 3.8) is 0 Å². The SMILES string of the molecule is CCNC(=O)c1ccc(N)c(NCCc2cnn(C)c2)c1. The van der Waals surface area contributed by atoms with E-state index in [4.69, 9.17) is 5.73 Å². The molecule has 0 spiro atoms. The number of benzene rings is 1. The molecule has 6 nitrogen and oxygen atoms in total. The Morgan fingerprint density at radius 3 is 2.90 bits per heavy atom. The lowest BCUT2D eigenvalue weighted by molar-refractivity contribution is 0.0956. The molecule has 0 radical (unpaired) electrons. The Labute approximate surface area is 124 Å². The lowest BCUT2D eigenvalue weighted by Crippen LogP contribution is -2.22. The van der Waals surface area contributed by atoms with Gasteiger partial charge in [-0.25, -0.2) is 0 Å². The fourth-order valence-electron chi connectivity index (χ4n) is 2.06. The van der Waals surface area contributed by atoms with Gasteiger partial charge in [-0.05, 0) is 37.1 Å². The van der Waals surface area contributed by atoms with Crippen LogP contribution in [-0.2, 0) is 13.5 Å². The number of aryl methyl sites for hydroxylation is 1. The highest BCUT2D eigenvalue weighted by atomic mass is 16.1. The van der Waals surface area contributed by atoms with Gasteiger partial charge in [0.1, 0.15) is 0 Å². The number of amides is 1. The summed E-state index contributed by atoms with van der Waals surface area (Å²) in [4.78, 5) is 11.8. The summed E-state index contributed by atoms with van der Waals surface area (Å²) >= 11 is 0. The summed E-state index contributed by atoms with van der Waals surface area (Å²) < 4.78 is 1.78. The Morgan fingerprint density at radius 1 is 1.43 bits per heavy atom. The van der Waals surface area contributed by atoms with Gasteiger partial charge < -0.3 is 16.4 Å². The number of anilines is 2. The van der Waals surface area contributed by atoms with Crippen LogP contribution in [0.4, 0.5) is 11.4 Å². The maximum absolute atomic E-state index is 11.8. The van der Waals surface area contributed by atoms with Crippen molar-refractivity contribution in [2.24, 2.45) is 7.05 Å². The second kappa shape index (κ2) is 6.78. The molecular weight excluding hydrogens is 266 g/mol. The Bertz CT molecular complexity index is 620. The van der Waals surface area contributed by atoms with Gasteiger partial charge >= 0.3 is 0 Å². The molecule has 0 bridgehead atoms. The zero-order valence-corrected chi connectivity index (χ0v) is 12.4. The fraction of sp³-hybridized carbons (Fsp3) is 0.333. The van der Waals surface area contributed by atoms with E-state index < -0.39 is 0 Å². The second-order valence-electron chi connectivity index (χ2n) is 4.86. The summed E-state index contributed by atoms with van der Waals surface area (Å²) in [5.74, 6) is -0.0900. The molecule has 0 aliphatic carbocycles. The van der Waals surface area contributed by atoms with Gasteiger partial charge in [0, 0.05) is 31.9 Å². The Balaban J connectivity index is 1.98. The van der Waals surface area contributed by atoms with Crippen LogP contribution < -0.4 is 16.4 Å². The topological polar surface area (TPSA) is 85.0 Å². The number of aromatic nitrogens is 2. The summed E-state index contributed by atoms with van der Waals surface area (Å²) in [5.41, 5.74) is 9.11. The van der Waals surface area contributed by atoms with Crippen LogP contribution in [0, 0.1) is 0 Å². The molecule has 21 heavy (non-hydrogen) atoms. The van der Waals surface area contributed by atoms with Crippen molar-refractivity contribution >= 4 is 17.3 Å². The van der Waals surface area contributed by atoms with Gasteiger partial charge in [-0.3, -0.25) is 9.48 Å². The average molecular weight is 287 g/mol. The van der Waals surface area contributed by atoms with Crippen LogP contribution in [-0.4, -0.2) is 28.8 Å². The Hall–Kier alpha value is -2.50. The lowest BCUT2D eigenvalue weighted by Gasteiger charge is -2.11. The van der Waals surface area contributed by atoms with Crippen LogP contribution in [0.1, 0.15) is 22.8 Å². The number of nitrogens with zero attached hydrogens (tertiary/aromatic N) is 2. The largest absolute Gasteiger partial charge is 0.397 e. The number of hydrogen-bond acceptors (Lipinski definition) is 4. The average Bonchev–Trinajstić information content (AvgIpc) is 2.87. The van der Waals surface area contributed by atoms with Crippen molar-refractivity contribution in [1.29, 1.82) is 0 Å². The molecule has 2 rings (SSSR count). The molecule has 4 N–H and O–H groups in total. The first-order valence-electron chi connectivity index (χ1n) is 6.99. The third-order valence-corrected chi connectivity index (χ3v) is 3.14. The van der Waals surface area contributed by atoms with Crippen LogP contribution >= 0.6 is 0 Å². The highest BCUT2D eigenvalue weighted by Gasteiger charge is 2.07. The maximum Gasteiger partial charge on any atom is 0.251 e. The quantitative estimate of drug-likeness (QED) is 0.701. The zero-order valence-electron chi connectivity index (χ0n) is 12.4. The number of nitrogen functional groups attached to an aromatic ring is 1. The zero-order chi connectivity index (χ0) is 15.2. The molecular formula is C15H21N5O. The van der Waals surface area contributed by atoms with Crippen molar-refractivity contribution < 1.29 is 4.79 Å². The first-order chi connectivity index (χ1) is 10.1. The van der Waals surface area contributed by atoms with E-state index in [-0.39, 0.29) is 5.91 Å². The normalized spacial score (nSPS) is 10.4. The van der Waals surface area contributed by atoms with E-state index in [0.717, 1.165) is 24.2 Å². The van der Waals surface area contributed by atoms with E-state index in [1.165, 1.54) is 0 Å². The molecule has 6 heteroatoms. The molecule has 0 saturated heterocycles. The van der Waals surface area contributed by atoms with Gasteiger partial charge in [0.25, 0.3) is 5.91 Å². The standard InChI is InChI=1S/C15H21N5O/c1-3-17-15(21)12-4-5-13(16)14(8-12)18-7-6-11-9-19-20(2)10-11/h4-5,8-10,18H,3,6-7,16H2,1-2H3,(H,17,21). The predicted octanol–water partition coefficient (Wildman–Crippen LogP) is 1.41. The molecule has 0 aliphatic rings. The Kier molecular flexibility index (Phi) is 4.81. The highest BCUT2D eigenvalue weighted by Crippen LogP contribution is 2.20. The van der Waals surface area contributed by atoms with Gasteiger partial charge in [-0.2, -0.15) is 5.10 Å². The molecule has 112 valence electrons. The van der Waals surface area contributed by atoms with Crippen molar-refractivity contribution in [2.75, 3.05) is 24.1 Å². The molecule has 0 saturated carbocycles. The molecule has 0 unspecified atom stereocenters. The fourth-order valence-corrected chi connectivity index (χ4v) is 2.06. The highest BCUT2D eigenvalue weighted by molar-refractivity contribution is 5.96. The van der Waals surface area contributed by atoms with Crippen LogP contribution in [0.25, 0.3) is 0 Å². The second-order valence-corrected chi connectivity index (χ2v) is 4.86. The van der Waals surface area contributed by atoms with Gasteiger partial charge in [0.05, 0.1) is 17.6 Å². The van der Waals surface area contributed by atoms with E-state index in [1.54, 1.807) is 22.9 Å². The van der Waals surface area contributed by atoms with Gasteiger partial charge in [0.2, 0.25) is 0 Å². The van der Waals surface area contributed by atoms with Crippen molar-refractivity contribution in [3.8, 4) is 0 Å². The first kappa shape index (κ1) is 14.9. The summed E-state index contributed by atoms with van der Waals surface area (Å²) in [6.07, 6.45) is 4.67. The third kappa shape index (κ3) is 3.98. The maximum atomic E-state index is 11.8. The summed E-state index contributed by atoms with van der Waals surface area (Å²) in [6.45, 7) is 3.23.